The molecule has 1 atom stereocenters. The molecule has 0 saturated heterocycles. The fourth-order valence-electron chi connectivity index (χ4n) is 1.59. The van der Waals surface area contributed by atoms with Crippen LogP contribution in [0.25, 0.3) is 0 Å². The van der Waals surface area contributed by atoms with Crippen molar-refractivity contribution in [2.45, 2.75) is 6.10 Å². The van der Waals surface area contributed by atoms with Crippen LogP contribution in [0.3, 0.4) is 0 Å². The van der Waals surface area contributed by atoms with Crippen molar-refractivity contribution in [2.24, 2.45) is 7.05 Å². The van der Waals surface area contributed by atoms with Gasteiger partial charge in [-0.1, -0.05) is 0 Å². The molecule has 96 valence electrons. The first kappa shape index (κ1) is 12.3. The molecule has 1 unspecified atom stereocenters. The van der Waals surface area contributed by atoms with Crippen LogP contribution in [-0.2, 0) is 7.05 Å². The third kappa shape index (κ3) is 2.12. The SMILES string of the molecule is COc1cnc(C(O)c2ccnn2C)c(OC)n1. The van der Waals surface area contributed by atoms with Crippen molar-refractivity contribution in [2.75, 3.05) is 14.2 Å². The number of aromatic nitrogens is 4. The molecule has 0 aliphatic carbocycles. The van der Waals surface area contributed by atoms with Gasteiger partial charge in [0.05, 0.1) is 26.1 Å². The molecule has 2 rings (SSSR count). The number of nitrogens with zero attached hydrogens (tertiary/aromatic N) is 4. The predicted octanol–water partition coefficient (Wildman–Crippen LogP) is 0.309. The quantitative estimate of drug-likeness (QED) is 0.841. The topological polar surface area (TPSA) is 82.3 Å². The maximum atomic E-state index is 10.3. The van der Waals surface area contributed by atoms with Crippen LogP contribution in [-0.4, -0.2) is 39.1 Å². The van der Waals surface area contributed by atoms with Crippen molar-refractivity contribution in [3.8, 4) is 11.8 Å². The van der Waals surface area contributed by atoms with Crippen molar-refractivity contribution < 1.29 is 14.6 Å². The van der Waals surface area contributed by atoms with Crippen molar-refractivity contribution in [3.05, 3.63) is 29.8 Å². The Kier molecular flexibility index (Phi) is 3.42. The standard InChI is InChI=1S/C11H14N4O3/c1-15-7(4-5-13-15)10(16)9-11(18-3)14-8(17-2)6-12-9/h4-6,10,16H,1-3H3. The molecule has 0 aromatic carbocycles. The minimum absolute atomic E-state index is 0.225. The van der Waals surface area contributed by atoms with Gasteiger partial charge in [0.1, 0.15) is 11.8 Å². The van der Waals surface area contributed by atoms with Gasteiger partial charge in [0.25, 0.3) is 0 Å². The van der Waals surface area contributed by atoms with E-state index in [1.165, 1.54) is 20.4 Å². The zero-order valence-corrected chi connectivity index (χ0v) is 10.4. The summed E-state index contributed by atoms with van der Waals surface area (Å²) in [6.07, 6.45) is 2.07. The maximum Gasteiger partial charge on any atom is 0.241 e. The lowest BCUT2D eigenvalue weighted by molar-refractivity contribution is 0.197. The summed E-state index contributed by atoms with van der Waals surface area (Å²) in [5.41, 5.74) is 0.926. The summed E-state index contributed by atoms with van der Waals surface area (Å²) in [5, 5.41) is 14.2. The average Bonchev–Trinajstić information content (AvgIpc) is 2.83. The molecule has 0 amide bonds. The highest BCUT2D eigenvalue weighted by atomic mass is 16.5. The zero-order chi connectivity index (χ0) is 13.1. The van der Waals surface area contributed by atoms with Gasteiger partial charge in [-0.2, -0.15) is 10.1 Å². The fraction of sp³-hybridized carbons (Fsp3) is 0.364. The second kappa shape index (κ2) is 5.01. The Hall–Kier alpha value is -2.15. The summed E-state index contributed by atoms with van der Waals surface area (Å²) in [6, 6.07) is 1.70. The van der Waals surface area contributed by atoms with Gasteiger partial charge in [0, 0.05) is 13.2 Å². The number of aryl methyl sites for hydroxylation is 1. The monoisotopic (exact) mass is 250 g/mol. The first-order valence-corrected chi connectivity index (χ1v) is 5.28. The Morgan fingerprint density at radius 2 is 2.11 bits per heavy atom. The van der Waals surface area contributed by atoms with E-state index in [1.807, 2.05) is 0 Å². The highest BCUT2D eigenvalue weighted by Gasteiger charge is 2.21. The van der Waals surface area contributed by atoms with Gasteiger partial charge in [-0.05, 0) is 6.07 Å². The summed E-state index contributed by atoms with van der Waals surface area (Å²) in [7, 11) is 4.69. The molecule has 0 spiro atoms. The molecule has 2 heterocycles. The van der Waals surface area contributed by atoms with Crippen LogP contribution in [0.4, 0.5) is 0 Å². The summed E-state index contributed by atoms with van der Waals surface area (Å²) in [5.74, 6) is 0.552. The third-order valence-electron chi connectivity index (χ3n) is 2.55. The number of rotatable bonds is 4. The second-order valence-electron chi connectivity index (χ2n) is 3.59. The minimum Gasteiger partial charge on any atom is -0.480 e. The number of aliphatic hydroxyl groups excluding tert-OH is 1. The minimum atomic E-state index is -0.953. The first-order chi connectivity index (χ1) is 8.67. The van der Waals surface area contributed by atoms with Gasteiger partial charge in [-0.25, -0.2) is 4.98 Å². The van der Waals surface area contributed by atoms with E-state index in [9.17, 15) is 5.11 Å². The summed E-state index contributed by atoms with van der Waals surface area (Å²) >= 11 is 0. The molecule has 2 aromatic rings. The molecule has 2 aromatic heterocycles. The number of hydrogen-bond acceptors (Lipinski definition) is 6. The molecule has 0 aliphatic heterocycles. The summed E-state index contributed by atoms with van der Waals surface area (Å²) in [4.78, 5) is 8.19. The van der Waals surface area contributed by atoms with Crippen LogP contribution in [0.5, 0.6) is 11.8 Å². The lowest BCUT2D eigenvalue weighted by Crippen LogP contribution is -2.11. The second-order valence-corrected chi connectivity index (χ2v) is 3.59. The van der Waals surface area contributed by atoms with Crippen molar-refractivity contribution in [1.82, 2.24) is 19.7 Å². The Morgan fingerprint density at radius 1 is 1.33 bits per heavy atom. The number of aliphatic hydroxyl groups is 1. The molecule has 1 N–H and O–H groups in total. The summed E-state index contributed by atoms with van der Waals surface area (Å²) in [6.45, 7) is 0. The van der Waals surface area contributed by atoms with Crippen LogP contribution in [0.2, 0.25) is 0 Å². The van der Waals surface area contributed by atoms with E-state index in [4.69, 9.17) is 9.47 Å². The van der Waals surface area contributed by atoms with Crippen LogP contribution < -0.4 is 9.47 Å². The first-order valence-electron chi connectivity index (χ1n) is 5.28. The fourth-order valence-corrected chi connectivity index (χ4v) is 1.59. The highest BCUT2D eigenvalue weighted by Crippen LogP contribution is 2.27. The van der Waals surface area contributed by atoms with Gasteiger partial charge >= 0.3 is 0 Å². The Labute approximate surface area is 104 Å². The zero-order valence-electron chi connectivity index (χ0n) is 10.4. The van der Waals surface area contributed by atoms with Gasteiger partial charge in [-0.15, -0.1) is 0 Å². The van der Waals surface area contributed by atoms with E-state index in [2.05, 4.69) is 15.1 Å². The normalized spacial score (nSPS) is 12.2. The predicted molar refractivity (Wildman–Crippen MR) is 62.4 cm³/mol. The number of hydrogen-bond donors (Lipinski definition) is 1. The Morgan fingerprint density at radius 3 is 2.67 bits per heavy atom. The van der Waals surface area contributed by atoms with E-state index in [0.717, 1.165) is 0 Å². The van der Waals surface area contributed by atoms with Gasteiger partial charge < -0.3 is 14.6 Å². The number of methoxy groups -OCH3 is 2. The lowest BCUT2D eigenvalue weighted by atomic mass is 10.2. The van der Waals surface area contributed by atoms with E-state index in [0.29, 0.717) is 17.3 Å². The molecule has 0 fully saturated rings. The van der Waals surface area contributed by atoms with Crippen LogP contribution in [0.1, 0.15) is 17.5 Å². The van der Waals surface area contributed by atoms with E-state index in [1.54, 1.807) is 24.0 Å². The smallest absolute Gasteiger partial charge is 0.241 e. The largest absolute Gasteiger partial charge is 0.480 e. The van der Waals surface area contributed by atoms with E-state index >= 15 is 0 Å². The molecular formula is C11H14N4O3. The number of ether oxygens (including phenoxy) is 2. The third-order valence-corrected chi connectivity index (χ3v) is 2.55. The van der Waals surface area contributed by atoms with Gasteiger partial charge in [0.2, 0.25) is 11.8 Å². The molecule has 0 aliphatic rings. The molecule has 7 nitrogen and oxygen atoms in total. The molecule has 0 radical (unpaired) electrons. The van der Waals surface area contributed by atoms with Crippen molar-refractivity contribution in [1.29, 1.82) is 0 Å². The van der Waals surface area contributed by atoms with Crippen LogP contribution in [0.15, 0.2) is 18.5 Å². The highest BCUT2D eigenvalue weighted by molar-refractivity contribution is 5.29. The molecule has 18 heavy (non-hydrogen) atoms. The maximum absolute atomic E-state index is 10.3. The van der Waals surface area contributed by atoms with Crippen LogP contribution >= 0.6 is 0 Å². The van der Waals surface area contributed by atoms with E-state index in [-0.39, 0.29) is 5.88 Å². The van der Waals surface area contributed by atoms with Gasteiger partial charge in [0.15, 0.2) is 0 Å². The Bertz CT molecular complexity index is 541. The van der Waals surface area contributed by atoms with Crippen molar-refractivity contribution in [3.63, 3.8) is 0 Å². The molecule has 0 saturated carbocycles. The molecular weight excluding hydrogens is 236 g/mol. The van der Waals surface area contributed by atoms with Crippen LogP contribution in [0, 0.1) is 0 Å². The lowest BCUT2D eigenvalue weighted by Gasteiger charge is -2.13. The Balaban J connectivity index is 2.41. The molecule has 0 bridgehead atoms. The molecule has 7 heteroatoms. The van der Waals surface area contributed by atoms with Gasteiger partial charge in [-0.3, -0.25) is 4.68 Å². The van der Waals surface area contributed by atoms with E-state index < -0.39 is 6.10 Å². The summed E-state index contributed by atoms with van der Waals surface area (Å²) < 4.78 is 11.6. The van der Waals surface area contributed by atoms with Crippen molar-refractivity contribution >= 4 is 0 Å². The average molecular weight is 250 g/mol.